The van der Waals surface area contributed by atoms with E-state index >= 15 is 0 Å². The van der Waals surface area contributed by atoms with E-state index in [1.165, 1.54) is 6.08 Å². The fourth-order valence-corrected chi connectivity index (χ4v) is 2.98. The first kappa shape index (κ1) is 19.6. The van der Waals surface area contributed by atoms with Gasteiger partial charge in [0.25, 0.3) is 5.91 Å². The lowest BCUT2D eigenvalue weighted by Gasteiger charge is -2.11. The van der Waals surface area contributed by atoms with Crippen LogP contribution in [0.1, 0.15) is 12.5 Å². The summed E-state index contributed by atoms with van der Waals surface area (Å²) in [5.74, 6) is -0.596. The Morgan fingerprint density at radius 2 is 1.93 bits per heavy atom. The normalized spacial score (nSPS) is 14.9. The number of para-hydroxylation sites is 1. The summed E-state index contributed by atoms with van der Waals surface area (Å²) in [4.78, 5) is 37.6. The molecule has 0 unspecified atom stereocenters. The molecule has 3 rings (SSSR count). The summed E-state index contributed by atoms with van der Waals surface area (Å²) >= 11 is 3.37. The van der Waals surface area contributed by atoms with Gasteiger partial charge in [0.2, 0.25) is 0 Å². The van der Waals surface area contributed by atoms with Gasteiger partial charge in [0.05, 0.1) is 12.3 Å². The number of amides is 3. The number of anilines is 1. The molecule has 1 N–H and O–H groups in total. The summed E-state index contributed by atoms with van der Waals surface area (Å²) in [6, 6.07) is 13.2. The third-order valence-corrected chi connectivity index (χ3v) is 4.31. The van der Waals surface area contributed by atoms with Crippen LogP contribution in [0.3, 0.4) is 0 Å². The number of imide groups is 1. The lowest BCUT2D eigenvalue weighted by molar-refractivity contribution is -0.145. The number of benzene rings is 2. The molecule has 0 saturated carbocycles. The lowest BCUT2D eigenvalue weighted by Crippen LogP contribution is -2.30. The molecule has 0 aromatic heterocycles. The van der Waals surface area contributed by atoms with Gasteiger partial charge in [0.1, 0.15) is 11.4 Å². The minimum Gasteiger partial charge on any atom is -0.481 e. The van der Waals surface area contributed by atoms with Crippen LogP contribution in [0, 0.1) is 0 Å². The maximum absolute atomic E-state index is 12.7. The quantitative estimate of drug-likeness (QED) is 0.418. The van der Waals surface area contributed by atoms with Crippen LogP contribution >= 0.6 is 15.9 Å². The first-order chi connectivity index (χ1) is 13.5. The standard InChI is InChI=1S/C20H17BrN2O5/c1-2-27-18(24)12-28-17-9-8-14(21)10-13(17)11-16-19(25)23(20(26)22-16)15-6-4-3-5-7-15/h3-11H,2,12H2,1H3,(H,22,26)/b16-11+. The van der Waals surface area contributed by atoms with Gasteiger partial charge in [-0.2, -0.15) is 0 Å². The summed E-state index contributed by atoms with van der Waals surface area (Å²) in [7, 11) is 0. The maximum atomic E-state index is 12.7. The van der Waals surface area contributed by atoms with Crippen LogP contribution in [-0.2, 0) is 14.3 Å². The van der Waals surface area contributed by atoms with Crippen LogP contribution in [0.2, 0.25) is 0 Å². The second-order valence-corrected chi connectivity index (χ2v) is 6.66. The second-order valence-electron chi connectivity index (χ2n) is 5.74. The van der Waals surface area contributed by atoms with E-state index in [4.69, 9.17) is 9.47 Å². The number of rotatable bonds is 6. The number of nitrogens with zero attached hydrogens (tertiary/aromatic N) is 1. The van der Waals surface area contributed by atoms with E-state index < -0.39 is 17.9 Å². The Balaban J connectivity index is 1.87. The van der Waals surface area contributed by atoms with Crippen molar-refractivity contribution in [3.63, 3.8) is 0 Å². The summed E-state index contributed by atoms with van der Waals surface area (Å²) in [5, 5.41) is 2.57. The van der Waals surface area contributed by atoms with Crippen LogP contribution in [0.15, 0.2) is 58.7 Å². The van der Waals surface area contributed by atoms with Crippen molar-refractivity contribution in [2.45, 2.75) is 6.92 Å². The topological polar surface area (TPSA) is 84.9 Å². The molecule has 0 radical (unpaired) electrons. The van der Waals surface area contributed by atoms with E-state index in [0.29, 0.717) is 17.0 Å². The number of urea groups is 1. The van der Waals surface area contributed by atoms with E-state index in [1.807, 2.05) is 0 Å². The highest BCUT2D eigenvalue weighted by Crippen LogP contribution is 2.28. The van der Waals surface area contributed by atoms with Gasteiger partial charge in [0, 0.05) is 10.0 Å². The molecule has 28 heavy (non-hydrogen) atoms. The van der Waals surface area contributed by atoms with Crippen molar-refractivity contribution in [2.75, 3.05) is 18.1 Å². The van der Waals surface area contributed by atoms with Crippen molar-refractivity contribution in [2.24, 2.45) is 0 Å². The third kappa shape index (κ3) is 4.40. The van der Waals surface area contributed by atoms with E-state index in [9.17, 15) is 14.4 Å². The Hall–Kier alpha value is -3.13. The number of carbonyl (C=O) groups is 3. The average molecular weight is 445 g/mol. The number of halogens is 1. The van der Waals surface area contributed by atoms with Gasteiger partial charge in [-0.1, -0.05) is 34.1 Å². The van der Waals surface area contributed by atoms with Gasteiger partial charge in [-0.25, -0.2) is 14.5 Å². The summed E-state index contributed by atoms with van der Waals surface area (Å²) in [5.41, 5.74) is 1.10. The van der Waals surface area contributed by atoms with Crippen molar-refractivity contribution < 1.29 is 23.9 Å². The minimum atomic E-state index is -0.536. The first-order valence-corrected chi connectivity index (χ1v) is 9.29. The molecule has 3 amide bonds. The Morgan fingerprint density at radius 1 is 1.18 bits per heavy atom. The molecule has 1 fully saturated rings. The summed E-state index contributed by atoms with van der Waals surface area (Å²) < 4.78 is 11.1. The fourth-order valence-electron chi connectivity index (χ4n) is 2.61. The van der Waals surface area contributed by atoms with Crippen molar-refractivity contribution in [1.29, 1.82) is 0 Å². The zero-order valence-corrected chi connectivity index (χ0v) is 16.6. The Labute approximate surface area is 170 Å². The monoisotopic (exact) mass is 444 g/mol. The fraction of sp³-hybridized carbons (Fsp3) is 0.150. The first-order valence-electron chi connectivity index (χ1n) is 8.49. The third-order valence-electron chi connectivity index (χ3n) is 3.82. The lowest BCUT2D eigenvalue weighted by atomic mass is 10.1. The Bertz CT molecular complexity index is 943. The van der Waals surface area contributed by atoms with E-state index in [0.717, 1.165) is 9.37 Å². The van der Waals surface area contributed by atoms with Crippen molar-refractivity contribution in [3.05, 3.63) is 64.3 Å². The molecular weight excluding hydrogens is 428 g/mol. The van der Waals surface area contributed by atoms with Crippen LogP contribution < -0.4 is 15.0 Å². The van der Waals surface area contributed by atoms with Gasteiger partial charge in [-0.05, 0) is 43.3 Å². The molecule has 0 atom stereocenters. The number of esters is 1. The maximum Gasteiger partial charge on any atom is 0.344 e. The van der Waals surface area contributed by atoms with E-state index in [1.54, 1.807) is 55.5 Å². The molecule has 1 aliphatic heterocycles. The number of ether oxygens (including phenoxy) is 2. The molecule has 1 aliphatic rings. The van der Waals surface area contributed by atoms with E-state index in [-0.39, 0.29) is 18.9 Å². The van der Waals surface area contributed by atoms with Gasteiger partial charge in [0.15, 0.2) is 6.61 Å². The van der Waals surface area contributed by atoms with Crippen molar-refractivity contribution in [3.8, 4) is 5.75 Å². The predicted molar refractivity (Wildman–Crippen MR) is 107 cm³/mol. The predicted octanol–water partition coefficient (Wildman–Crippen LogP) is 3.49. The van der Waals surface area contributed by atoms with Gasteiger partial charge >= 0.3 is 12.0 Å². The average Bonchev–Trinajstić information content (AvgIpc) is 2.95. The van der Waals surface area contributed by atoms with Crippen LogP contribution in [0.5, 0.6) is 5.75 Å². The van der Waals surface area contributed by atoms with Gasteiger partial charge in [-0.15, -0.1) is 0 Å². The molecule has 0 bridgehead atoms. The van der Waals surface area contributed by atoms with Crippen molar-refractivity contribution in [1.82, 2.24) is 5.32 Å². The van der Waals surface area contributed by atoms with Crippen LogP contribution in [0.4, 0.5) is 10.5 Å². The Morgan fingerprint density at radius 3 is 2.64 bits per heavy atom. The largest absolute Gasteiger partial charge is 0.481 e. The second kappa shape index (κ2) is 8.71. The molecule has 1 heterocycles. The zero-order valence-electron chi connectivity index (χ0n) is 15.0. The molecule has 2 aromatic carbocycles. The van der Waals surface area contributed by atoms with Gasteiger partial charge in [-0.3, -0.25) is 4.79 Å². The smallest absolute Gasteiger partial charge is 0.344 e. The van der Waals surface area contributed by atoms with E-state index in [2.05, 4.69) is 21.2 Å². The molecule has 8 heteroatoms. The molecule has 144 valence electrons. The number of nitrogens with one attached hydrogen (secondary N) is 1. The molecule has 0 spiro atoms. The minimum absolute atomic E-state index is 0.105. The SMILES string of the molecule is CCOC(=O)COc1ccc(Br)cc1/C=C1/NC(=O)N(c2ccccc2)C1=O. The summed E-state index contributed by atoms with van der Waals surface area (Å²) in [6.45, 7) is 1.71. The van der Waals surface area contributed by atoms with Crippen LogP contribution in [-0.4, -0.2) is 31.1 Å². The Kier molecular flexibility index (Phi) is 6.10. The molecule has 7 nitrogen and oxygen atoms in total. The number of hydrogen-bond acceptors (Lipinski definition) is 5. The van der Waals surface area contributed by atoms with Gasteiger partial charge < -0.3 is 14.8 Å². The zero-order chi connectivity index (χ0) is 20.1. The molecule has 2 aromatic rings. The molecule has 1 saturated heterocycles. The highest BCUT2D eigenvalue weighted by atomic mass is 79.9. The highest BCUT2D eigenvalue weighted by Gasteiger charge is 2.34. The number of carbonyl (C=O) groups excluding carboxylic acids is 3. The number of hydrogen-bond donors (Lipinski definition) is 1. The van der Waals surface area contributed by atoms with Crippen LogP contribution in [0.25, 0.3) is 6.08 Å². The highest BCUT2D eigenvalue weighted by molar-refractivity contribution is 9.10. The molecular formula is C20H17BrN2O5. The summed E-state index contributed by atoms with van der Waals surface area (Å²) in [6.07, 6.45) is 1.51. The van der Waals surface area contributed by atoms with Crippen molar-refractivity contribution >= 4 is 45.6 Å². The molecule has 0 aliphatic carbocycles.